The lowest BCUT2D eigenvalue weighted by Gasteiger charge is -2.29. The van der Waals surface area contributed by atoms with Gasteiger partial charge in [-0.2, -0.15) is 0 Å². The largest absolute Gasteiger partial charge is 0.465 e. The molecule has 116 valence electrons. The van der Waals surface area contributed by atoms with Crippen LogP contribution < -0.4 is 5.32 Å². The summed E-state index contributed by atoms with van der Waals surface area (Å²) in [5.41, 5.74) is -0.590. The first kappa shape index (κ1) is 15.8. The fraction of sp³-hybridized carbons (Fsp3) is 0.938. The third-order valence-electron chi connectivity index (χ3n) is 4.47. The van der Waals surface area contributed by atoms with Gasteiger partial charge in [0.05, 0.1) is 6.61 Å². The summed E-state index contributed by atoms with van der Waals surface area (Å²) in [7, 11) is 0. The Morgan fingerprint density at radius 3 is 2.55 bits per heavy atom. The Bertz CT molecular complexity index is 313. The number of hydrogen-bond donors (Lipinski definition) is 1. The third-order valence-corrected chi connectivity index (χ3v) is 4.47. The van der Waals surface area contributed by atoms with Crippen LogP contribution in [-0.2, 0) is 14.3 Å². The Balaban J connectivity index is 1.67. The van der Waals surface area contributed by atoms with E-state index in [2.05, 4.69) is 5.32 Å². The van der Waals surface area contributed by atoms with Crippen LogP contribution in [-0.4, -0.2) is 37.4 Å². The summed E-state index contributed by atoms with van der Waals surface area (Å²) < 4.78 is 10.9. The Kier molecular flexibility index (Phi) is 5.85. The van der Waals surface area contributed by atoms with Gasteiger partial charge >= 0.3 is 5.97 Å². The number of hydrogen-bond acceptors (Lipinski definition) is 4. The van der Waals surface area contributed by atoms with Gasteiger partial charge in [0.2, 0.25) is 0 Å². The first-order chi connectivity index (χ1) is 9.64. The highest BCUT2D eigenvalue weighted by molar-refractivity contribution is 5.80. The smallest absolute Gasteiger partial charge is 0.326 e. The molecule has 1 unspecified atom stereocenters. The molecule has 0 aromatic rings. The Morgan fingerprint density at radius 1 is 1.25 bits per heavy atom. The van der Waals surface area contributed by atoms with Crippen molar-refractivity contribution in [2.24, 2.45) is 5.92 Å². The van der Waals surface area contributed by atoms with E-state index in [4.69, 9.17) is 9.47 Å². The van der Waals surface area contributed by atoms with E-state index in [1.807, 2.05) is 13.8 Å². The first-order valence-electron chi connectivity index (χ1n) is 8.16. The summed E-state index contributed by atoms with van der Waals surface area (Å²) in [6.45, 7) is 5.68. The van der Waals surface area contributed by atoms with E-state index in [1.165, 1.54) is 25.7 Å². The topological polar surface area (TPSA) is 47.6 Å². The molecule has 0 aliphatic heterocycles. The van der Waals surface area contributed by atoms with Gasteiger partial charge in [-0.15, -0.1) is 0 Å². The quantitative estimate of drug-likeness (QED) is 0.494. The molecule has 0 amide bonds. The van der Waals surface area contributed by atoms with Gasteiger partial charge in [-0.25, -0.2) is 0 Å². The minimum absolute atomic E-state index is 0.144. The number of nitrogens with one attached hydrogen (secondary N) is 1. The zero-order valence-corrected chi connectivity index (χ0v) is 13.0. The molecule has 0 radical (unpaired) electrons. The molecule has 0 heterocycles. The minimum atomic E-state index is -0.590. The van der Waals surface area contributed by atoms with Crippen LogP contribution in [0.5, 0.6) is 0 Å². The molecule has 2 saturated carbocycles. The Morgan fingerprint density at radius 2 is 2.00 bits per heavy atom. The van der Waals surface area contributed by atoms with Crippen LogP contribution in [0.15, 0.2) is 0 Å². The minimum Gasteiger partial charge on any atom is -0.465 e. The molecule has 0 aromatic heterocycles. The summed E-state index contributed by atoms with van der Waals surface area (Å²) in [6, 6.07) is 0.486. The molecule has 2 aliphatic rings. The normalized spacial score (nSPS) is 22.1. The van der Waals surface area contributed by atoms with Crippen LogP contribution >= 0.6 is 0 Å². The van der Waals surface area contributed by atoms with Crippen LogP contribution in [0.25, 0.3) is 0 Å². The molecule has 4 nitrogen and oxygen atoms in total. The third kappa shape index (κ3) is 4.74. The molecule has 2 fully saturated rings. The van der Waals surface area contributed by atoms with Gasteiger partial charge in [0.25, 0.3) is 0 Å². The number of rotatable bonds is 10. The van der Waals surface area contributed by atoms with Crippen molar-refractivity contribution in [2.45, 2.75) is 70.4 Å². The standard InChI is InChI=1S/C16H29NO3/c1-3-20-15(18)16(2,17-14-7-8-14)10-12-19-11-9-13-5-4-6-13/h13-14,17H,3-12H2,1-2H3. The molecular formula is C16H29NO3. The first-order valence-corrected chi connectivity index (χ1v) is 8.16. The van der Waals surface area contributed by atoms with Crippen LogP contribution in [0, 0.1) is 5.92 Å². The molecule has 4 heteroatoms. The Labute approximate surface area is 122 Å². The van der Waals surface area contributed by atoms with Gasteiger partial charge in [0, 0.05) is 19.3 Å². The van der Waals surface area contributed by atoms with Crippen molar-refractivity contribution in [3.63, 3.8) is 0 Å². The van der Waals surface area contributed by atoms with Gasteiger partial charge in [0.15, 0.2) is 0 Å². The van der Waals surface area contributed by atoms with Crippen molar-refractivity contribution < 1.29 is 14.3 Å². The van der Waals surface area contributed by atoms with E-state index in [9.17, 15) is 4.79 Å². The van der Waals surface area contributed by atoms with E-state index in [0.29, 0.717) is 25.7 Å². The van der Waals surface area contributed by atoms with Crippen LogP contribution in [0.2, 0.25) is 0 Å². The van der Waals surface area contributed by atoms with Crippen molar-refractivity contribution >= 4 is 5.97 Å². The van der Waals surface area contributed by atoms with E-state index in [1.54, 1.807) is 0 Å². The van der Waals surface area contributed by atoms with Crippen LogP contribution in [0.3, 0.4) is 0 Å². The zero-order chi connectivity index (χ0) is 14.4. The van der Waals surface area contributed by atoms with Crippen molar-refractivity contribution in [3.8, 4) is 0 Å². The van der Waals surface area contributed by atoms with Gasteiger partial charge in [-0.1, -0.05) is 19.3 Å². The van der Waals surface area contributed by atoms with Crippen LogP contribution in [0.4, 0.5) is 0 Å². The van der Waals surface area contributed by atoms with E-state index < -0.39 is 5.54 Å². The number of esters is 1. The van der Waals surface area contributed by atoms with Gasteiger partial charge < -0.3 is 9.47 Å². The molecule has 2 rings (SSSR count). The van der Waals surface area contributed by atoms with Crippen molar-refractivity contribution in [1.82, 2.24) is 5.32 Å². The molecule has 1 N–H and O–H groups in total. The van der Waals surface area contributed by atoms with E-state index >= 15 is 0 Å². The van der Waals surface area contributed by atoms with Gasteiger partial charge in [-0.3, -0.25) is 10.1 Å². The maximum Gasteiger partial charge on any atom is 0.326 e. The molecule has 20 heavy (non-hydrogen) atoms. The lowest BCUT2D eigenvalue weighted by atomic mass is 9.83. The fourth-order valence-electron chi connectivity index (χ4n) is 2.61. The summed E-state index contributed by atoms with van der Waals surface area (Å²) in [5, 5.41) is 3.42. The summed E-state index contributed by atoms with van der Waals surface area (Å²) in [6.07, 6.45) is 8.31. The molecular weight excluding hydrogens is 254 g/mol. The molecule has 0 spiro atoms. The van der Waals surface area contributed by atoms with Crippen molar-refractivity contribution in [1.29, 1.82) is 0 Å². The number of carbonyl (C=O) groups excluding carboxylic acids is 1. The molecule has 0 bridgehead atoms. The number of ether oxygens (including phenoxy) is 2. The second kappa shape index (κ2) is 7.41. The predicted molar refractivity (Wildman–Crippen MR) is 78.6 cm³/mol. The van der Waals surface area contributed by atoms with E-state index in [-0.39, 0.29) is 5.97 Å². The van der Waals surface area contributed by atoms with Crippen molar-refractivity contribution in [2.75, 3.05) is 19.8 Å². The highest BCUT2D eigenvalue weighted by Gasteiger charge is 2.39. The van der Waals surface area contributed by atoms with E-state index in [0.717, 1.165) is 25.4 Å². The average molecular weight is 283 g/mol. The summed E-state index contributed by atoms with van der Waals surface area (Å²) in [4.78, 5) is 12.1. The SMILES string of the molecule is CCOC(=O)C(C)(CCOCCC1CCC1)NC1CC1. The lowest BCUT2D eigenvalue weighted by molar-refractivity contribution is -0.151. The van der Waals surface area contributed by atoms with Gasteiger partial charge in [0.1, 0.15) is 5.54 Å². The fourth-order valence-corrected chi connectivity index (χ4v) is 2.61. The maximum atomic E-state index is 12.1. The molecule has 1 atom stereocenters. The van der Waals surface area contributed by atoms with Crippen LogP contribution in [0.1, 0.15) is 58.8 Å². The molecule has 0 aromatic carbocycles. The molecule has 0 saturated heterocycles. The monoisotopic (exact) mass is 283 g/mol. The predicted octanol–water partition coefficient (Wildman–Crippen LogP) is 2.66. The average Bonchev–Trinajstić information content (AvgIpc) is 3.15. The second-order valence-corrected chi connectivity index (χ2v) is 6.42. The zero-order valence-electron chi connectivity index (χ0n) is 13.0. The van der Waals surface area contributed by atoms with Gasteiger partial charge in [-0.05, 0) is 45.4 Å². The lowest BCUT2D eigenvalue weighted by Crippen LogP contribution is -2.52. The summed E-state index contributed by atoms with van der Waals surface area (Å²) in [5.74, 6) is 0.741. The summed E-state index contributed by atoms with van der Waals surface area (Å²) >= 11 is 0. The number of carbonyl (C=O) groups is 1. The molecule has 2 aliphatic carbocycles. The maximum absolute atomic E-state index is 12.1. The van der Waals surface area contributed by atoms with Crippen molar-refractivity contribution in [3.05, 3.63) is 0 Å². The highest BCUT2D eigenvalue weighted by Crippen LogP contribution is 2.29. The highest BCUT2D eigenvalue weighted by atomic mass is 16.5. The second-order valence-electron chi connectivity index (χ2n) is 6.42. The Hall–Kier alpha value is -0.610.